The van der Waals surface area contributed by atoms with E-state index in [0.717, 1.165) is 24.8 Å². The highest BCUT2D eigenvalue weighted by molar-refractivity contribution is 7.89. The second-order valence-electron chi connectivity index (χ2n) is 7.02. The van der Waals surface area contributed by atoms with Crippen LogP contribution in [0.15, 0.2) is 47.4 Å². The Hall–Kier alpha value is -2.09. The molecule has 1 aliphatic heterocycles. The van der Waals surface area contributed by atoms with Gasteiger partial charge >= 0.3 is 0 Å². The zero-order valence-electron chi connectivity index (χ0n) is 16.0. The highest BCUT2D eigenvalue weighted by atomic mass is 35.5. The maximum absolute atomic E-state index is 13.0. The summed E-state index contributed by atoms with van der Waals surface area (Å²) < 4.78 is 27.6. The Bertz CT molecular complexity index is 963. The Morgan fingerprint density at radius 2 is 1.93 bits per heavy atom. The molecule has 28 heavy (non-hydrogen) atoms. The van der Waals surface area contributed by atoms with Crippen LogP contribution in [-0.2, 0) is 10.0 Å². The molecule has 2 aromatic rings. The molecule has 0 radical (unpaired) electrons. The smallest absolute Gasteiger partial charge is 0.255 e. The number of sulfonamides is 1. The minimum absolute atomic E-state index is 0. The number of nitrogens with two attached hydrogens (primary N) is 1. The van der Waals surface area contributed by atoms with E-state index in [1.54, 1.807) is 30.3 Å². The molecule has 0 aromatic heterocycles. The number of nitrogens with one attached hydrogen (secondary N) is 1. The number of carbonyl (C=O) groups is 1. The molecule has 1 unspecified atom stereocenters. The van der Waals surface area contributed by atoms with Crippen LogP contribution >= 0.6 is 12.4 Å². The van der Waals surface area contributed by atoms with Crippen LogP contribution in [0.1, 0.15) is 42.1 Å². The molecule has 1 saturated heterocycles. The van der Waals surface area contributed by atoms with E-state index in [2.05, 4.69) is 5.32 Å². The molecule has 8 heteroatoms. The third kappa shape index (κ3) is 4.66. The molecule has 1 amide bonds. The molecule has 1 heterocycles. The van der Waals surface area contributed by atoms with E-state index in [0.29, 0.717) is 23.5 Å². The Morgan fingerprint density at radius 1 is 1.18 bits per heavy atom. The van der Waals surface area contributed by atoms with Gasteiger partial charge in [-0.3, -0.25) is 4.79 Å². The molecule has 2 aromatic carbocycles. The summed E-state index contributed by atoms with van der Waals surface area (Å²) in [5, 5.41) is 2.81. The topological polar surface area (TPSA) is 92.5 Å². The highest BCUT2D eigenvalue weighted by Crippen LogP contribution is 2.26. The average Bonchev–Trinajstić information content (AvgIpc) is 2.65. The summed E-state index contributed by atoms with van der Waals surface area (Å²) in [4.78, 5) is 12.8. The molecule has 0 saturated carbocycles. The van der Waals surface area contributed by atoms with Gasteiger partial charge in [0, 0.05) is 29.5 Å². The number of hydrogen-bond donors (Lipinski definition) is 2. The van der Waals surface area contributed by atoms with Gasteiger partial charge in [-0.05, 0) is 62.6 Å². The number of aryl methyl sites for hydroxylation is 1. The molecule has 1 fully saturated rings. The quantitative estimate of drug-likeness (QED) is 0.731. The Balaban J connectivity index is 0.00000280. The monoisotopic (exact) mass is 423 g/mol. The summed E-state index contributed by atoms with van der Waals surface area (Å²) >= 11 is 0. The number of nitrogens with zero attached hydrogens (tertiary/aromatic N) is 1. The van der Waals surface area contributed by atoms with Crippen LogP contribution in [0.5, 0.6) is 0 Å². The molecular formula is C20H26ClN3O3S. The summed E-state index contributed by atoms with van der Waals surface area (Å²) in [5.41, 5.74) is 8.11. The normalized spacial score (nSPS) is 17.6. The average molecular weight is 424 g/mol. The van der Waals surface area contributed by atoms with E-state index in [9.17, 15) is 13.2 Å². The van der Waals surface area contributed by atoms with Gasteiger partial charge in [-0.15, -0.1) is 12.4 Å². The van der Waals surface area contributed by atoms with Crippen LogP contribution < -0.4 is 11.1 Å². The van der Waals surface area contributed by atoms with E-state index in [1.807, 2.05) is 19.9 Å². The van der Waals surface area contributed by atoms with Gasteiger partial charge in [0.25, 0.3) is 5.91 Å². The van der Waals surface area contributed by atoms with Crippen molar-refractivity contribution in [2.24, 2.45) is 0 Å². The van der Waals surface area contributed by atoms with Gasteiger partial charge in [0.05, 0.1) is 4.90 Å². The van der Waals surface area contributed by atoms with Crippen molar-refractivity contribution in [3.8, 4) is 0 Å². The van der Waals surface area contributed by atoms with E-state index < -0.39 is 10.0 Å². The molecule has 152 valence electrons. The number of benzene rings is 2. The van der Waals surface area contributed by atoms with Crippen LogP contribution in [0, 0.1) is 6.92 Å². The van der Waals surface area contributed by atoms with E-state index in [1.165, 1.54) is 10.4 Å². The van der Waals surface area contributed by atoms with Crippen molar-refractivity contribution >= 4 is 39.7 Å². The van der Waals surface area contributed by atoms with Gasteiger partial charge in [-0.25, -0.2) is 8.42 Å². The first-order valence-corrected chi connectivity index (χ1v) is 10.5. The van der Waals surface area contributed by atoms with Crippen LogP contribution in [0.2, 0.25) is 0 Å². The zero-order valence-corrected chi connectivity index (χ0v) is 17.6. The fourth-order valence-electron chi connectivity index (χ4n) is 3.33. The Morgan fingerprint density at radius 3 is 2.64 bits per heavy atom. The van der Waals surface area contributed by atoms with Crippen molar-refractivity contribution in [2.45, 2.75) is 44.0 Å². The molecule has 0 spiro atoms. The van der Waals surface area contributed by atoms with Gasteiger partial charge in [0.15, 0.2) is 0 Å². The maximum atomic E-state index is 13.0. The number of halogens is 1. The lowest BCUT2D eigenvalue weighted by Gasteiger charge is -2.32. The molecule has 3 rings (SSSR count). The lowest BCUT2D eigenvalue weighted by molar-refractivity contribution is 0.102. The van der Waals surface area contributed by atoms with Gasteiger partial charge in [0.2, 0.25) is 10.0 Å². The van der Waals surface area contributed by atoms with Crippen molar-refractivity contribution in [2.75, 3.05) is 17.6 Å². The maximum Gasteiger partial charge on any atom is 0.255 e. The Kier molecular flexibility index (Phi) is 7.09. The highest BCUT2D eigenvalue weighted by Gasteiger charge is 2.31. The number of rotatable bonds is 4. The summed E-state index contributed by atoms with van der Waals surface area (Å²) in [6.45, 7) is 4.31. The van der Waals surface area contributed by atoms with Crippen molar-refractivity contribution in [3.63, 3.8) is 0 Å². The minimum atomic E-state index is -3.62. The lowest BCUT2D eigenvalue weighted by atomic mass is 10.1. The van der Waals surface area contributed by atoms with Gasteiger partial charge in [0.1, 0.15) is 0 Å². The number of carbonyl (C=O) groups excluding carboxylic acids is 1. The molecule has 0 bridgehead atoms. The predicted octanol–water partition coefficient (Wildman–Crippen LogP) is 3.81. The summed E-state index contributed by atoms with van der Waals surface area (Å²) in [5.74, 6) is -0.368. The second kappa shape index (κ2) is 8.94. The van der Waals surface area contributed by atoms with Crippen LogP contribution in [0.3, 0.4) is 0 Å². The largest absolute Gasteiger partial charge is 0.399 e. The van der Waals surface area contributed by atoms with Crippen molar-refractivity contribution in [3.05, 3.63) is 53.6 Å². The molecule has 0 aliphatic carbocycles. The van der Waals surface area contributed by atoms with E-state index >= 15 is 0 Å². The van der Waals surface area contributed by atoms with Crippen LogP contribution in [0.25, 0.3) is 0 Å². The number of anilines is 2. The number of amides is 1. The van der Waals surface area contributed by atoms with Gasteiger partial charge in [-0.1, -0.05) is 18.6 Å². The first kappa shape index (κ1) is 22.2. The molecular weight excluding hydrogens is 398 g/mol. The van der Waals surface area contributed by atoms with Gasteiger partial charge in [-0.2, -0.15) is 4.31 Å². The molecule has 1 atom stereocenters. The summed E-state index contributed by atoms with van der Waals surface area (Å²) in [7, 11) is -3.62. The zero-order chi connectivity index (χ0) is 19.6. The molecule has 3 N–H and O–H groups in total. The standard InChI is InChI=1S/C20H25N3O3S.ClH/c1-14-9-10-17(21)13-19(14)22-20(24)16-7-5-8-18(12-16)27(25,26)23-11-4-3-6-15(23)2;/h5,7-10,12-13,15H,3-4,6,11,21H2,1-2H3,(H,22,24);1H. The summed E-state index contributed by atoms with van der Waals surface area (Å²) in [6, 6.07) is 11.4. The third-order valence-electron chi connectivity index (χ3n) is 4.95. The predicted molar refractivity (Wildman–Crippen MR) is 114 cm³/mol. The van der Waals surface area contributed by atoms with Crippen molar-refractivity contribution in [1.82, 2.24) is 4.31 Å². The number of hydrogen-bond acceptors (Lipinski definition) is 4. The third-order valence-corrected chi connectivity index (χ3v) is 6.96. The molecule has 6 nitrogen and oxygen atoms in total. The number of piperidine rings is 1. The fourth-order valence-corrected chi connectivity index (χ4v) is 5.08. The number of nitrogen functional groups attached to an aromatic ring is 1. The lowest BCUT2D eigenvalue weighted by Crippen LogP contribution is -2.41. The van der Waals surface area contributed by atoms with Crippen LogP contribution in [-0.4, -0.2) is 31.2 Å². The first-order chi connectivity index (χ1) is 12.8. The first-order valence-electron chi connectivity index (χ1n) is 9.08. The van der Waals surface area contributed by atoms with Crippen molar-refractivity contribution < 1.29 is 13.2 Å². The van der Waals surface area contributed by atoms with Crippen LogP contribution in [0.4, 0.5) is 11.4 Å². The fraction of sp³-hybridized carbons (Fsp3) is 0.350. The van der Waals surface area contributed by atoms with E-state index in [-0.39, 0.29) is 29.3 Å². The van der Waals surface area contributed by atoms with Crippen molar-refractivity contribution in [1.29, 1.82) is 0 Å². The molecule has 1 aliphatic rings. The van der Waals surface area contributed by atoms with E-state index in [4.69, 9.17) is 5.73 Å². The summed E-state index contributed by atoms with van der Waals surface area (Å²) in [6.07, 6.45) is 2.75. The second-order valence-corrected chi connectivity index (χ2v) is 8.91. The SMILES string of the molecule is Cc1ccc(N)cc1NC(=O)c1cccc(S(=O)(=O)N2CCCCC2C)c1.Cl. The minimum Gasteiger partial charge on any atom is -0.399 e. The van der Waals surface area contributed by atoms with Gasteiger partial charge < -0.3 is 11.1 Å². The Labute approximate surface area is 172 Å².